The van der Waals surface area contributed by atoms with Gasteiger partial charge in [0.15, 0.2) is 0 Å². The Bertz CT molecular complexity index is 692. The monoisotopic (exact) mass is 336 g/mol. The Balaban J connectivity index is 2.71. The standard InChI is InChI=1S/C19H22ClFO2/c1-19(2,3)18(23-4)16-9-12(11-20)5-7-14(16)15-10-13(22)6-8-17(15)21/h5-10,18,22H,11H2,1-4H3/t18-/m0/s1. The molecule has 1 N–H and O–H groups in total. The van der Waals surface area contributed by atoms with Gasteiger partial charge in [-0.1, -0.05) is 39.0 Å². The van der Waals surface area contributed by atoms with Crippen LogP contribution in [0.2, 0.25) is 0 Å². The maximum Gasteiger partial charge on any atom is 0.131 e. The highest BCUT2D eigenvalue weighted by atomic mass is 35.5. The maximum atomic E-state index is 14.3. The third-order valence-corrected chi connectivity index (χ3v) is 4.12. The van der Waals surface area contributed by atoms with Crippen LogP contribution in [0.5, 0.6) is 5.75 Å². The first-order valence-electron chi connectivity index (χ1n) is 7.48. The predicted molar refractivity (Wildman–Crippen MR) is 92.3 cm³/mol. The molecular weight excluding hydrogens is 315 g/mol. The summed E-state index contributed by atoms with van der Waals surface area (Å²) in [6.45, 7) is 6.20. The number of ether oxygens (including phenoxy) is 1. The third-order valence-electron chi connectivity index (χ3n) is 3.82. The van der Waals surface area contributed by atoms with E-state index in [1.165, 1.54) is 18.2 Å². The quantitative estimate of drug-likeness (QED) is 0.729. The van der Waals surface area contributed by atoms with Gasteiger partial charge in [-0.15, -0.1) is 11.6 Å². The Labute approximate surface area is 141 Å². The Morgan fingerprint density at radius 1 is 1.13 bits per heavy atom. The lowest BCUT2D eigenvalue weighted by atomic mass is 9.81. The van der Waals surface area contributed by atoms with Crippen LogP contribution in [-0.4, -0.2) is 12.2 Å². The molecule has 0 aromatic heterocycles. The number of hydrogen-bond donors (Lipinski definition) is 1. The molecule has 2 aromatic rings. The molecule has 0 saturated carbocycles. The van der Waals surface area contributed by atoms with Crippen LogP contribution in [0.4, 0.5) is 4.39 Å². The van der Waals surface area contributed by atoms with Crippen molar-refractivity contribution in [3.63, 3.8) is 0 Å². The summed E-state index contributed by atoms with van der Waals surface area (Å²) in [6.07, 6.45) is -0.234. The fourth-order valence-corrected chi connectivity index (χ4v) is 2.99. The molecule has 0 aliphatic carbocycles. The van der Waals surface area contributed by atoms with Crippen LogP contribution in [0.25, 0.3) is 11.1 Å². The summed E-state index contributed by atoms with van der Waals surface area (Å²) in [5.41, 5.74) is 2.68. The van der Waals surface area contributed by atoms with E-state index in [4.69, 9.17) is 16.3 Å². The average molecular weight is 337 g/mol. The second-order valence-electron chi connectivity index (χ2n) is 6.70. The fourth-order valence-electron chi connectivity index (χ4n) is 2.82. The van der Waals surface area contributed by atoms with Crippen LogP contribution < -0.4 is 0 Å². The molecule has 4 heteroatoms. The minimum atomic E-state index is -0.383. The van der Waals surface area contributed by atoms with Crippen molar-refractivity contribution in [1.29, 1.82) is 0 Å². The van der Waals surface area contributed by atoms with Crippen LogP contribution in [0.15, 0.2) is 36.4 Å². The van der Waals surface area contributed by atoms with E-state index in [0.29, 0.717) is 17.0 Å². The van der Waals surface area contributed by atoms with E-state index in [9.17, 15) is 9.50 Å². The van der Waals surface area contributed by atoms with Gasteiger partial charge >= 0.3 is 0 Å². The SMILES string of the molecule is CO[C@@H](c1cc(CCl)ccc1-c1cc(O)ccc1F)C(C)(C)C. The Morgan fingerprint density at radius 3 is 2.39 bits per heavy atom. The van der Waals surface area contributed by atoms with Gasteiger partial charge in [0.25, 0.3) is 0 Å². The van der Waals surface area contributed by atoms with Crippen molar-refractivity contribution in [3.05, 3.63) is 53.3 Å². The number of phenolic OH excluding ortho intramolecular Hbond substituents is 1. The van der Waals surface area contributed by atoms with E-state index in [1.807, 2.05) is 18.2 Å². The highest BCUT2D eigenvalue weighted by molar-refractivity contribution is 6.17. The molecule has 0 unspecified atom stereocenters. The van der Waals surface area contributed by atoms with Gasteiger partial charge in [-0.3, -0.25) is 0 Å². The smallest absolute Gasteiger partial charge is 0.131 e. The van der Waals surface area contributed by atoms with Crippen LogP contribution >= 0.6 is 11.6 Å². The number of alkyl halides is 1. The average Bonchev–Trinajstić information content (AvgIpc) is 2.49. The summed E-state index contributed by atoms with van der Waals surface area (Å²) >= 11 is 5.96. The third kappa shape index (κ3) is 3.85. The molecule has 0 amide bonds. The summed E-state index contributed by atoms with van der Waals surface area (Å²) in [5.74, 6) is 0.0149. The minimum Gasteiger partial charge on any atom is -0.508 e. The first kappa shape index (κ1) is 17.8. The first-order chi connectivity index (χ1) is 10.8. The zero-order chi connectivity index (χ0) is 17.2. The van der Waals surface area contributed by atoms with Crippen molar-refractivity contribution in [2.24, 2.45) is 5.41 Å². The van der Waals surface area contributed by atoms with Crippen LogP contribution in [-0.2, 0) is 10.6 Å². The van der Waals surface area contributed by atoms with Crippen molar-refractivity contribution in [1.82, 2.24) is 0 Å². The summed E-state index contributed by atoms with van der Waals surface area (Å²) in [7, 11) is 1.64. The highest BCUT2D eigenvalue weighted by Crippen LogP contribution is 2.42. The van der Waals surface area contributed by atoms with Gasteiger partial charge in [-0.25, -0.2) is 4.39 Å². The Morgan fingerprint density at radius 2 is 1.83 bits per heavy atom. The summed E-state index contributed by atoms with van der Waals surface area (Å²) in [6, 6.07) is 9.69. The van der Waals surface area contributed by atoms with Gasteiger partial charge in [-0.05, 0) is 40.3 Å². The van der Waals surface area contributed by atoms with Crippen molar-refractivity contribution >= 4 is 11.6 Å². The van der Waals surface area contributed by atoms with Crippen molar-refractivity contribution in [2.75, 3.05) is 7.11 Å². The lowest BCUT2D eigenvalue weighted by Crippen LogP contribution is -2.21. The molecular formula is C19H22ClFO2. The summed E-state index contributed by atoms with van der Waals surface area (Å²) in [4.78, 5) is 0. The van der Waals surface area contributed by atoms with E-state index in [2.05, 4.69) is 20.8 Å². The van der Waals surface area contributed by atoms with Crippen LogP contribution in [0, 0.1) is 11.2 Å². The van der Waals surface area contributed by atoms with Gasteiger partial charge in [0.1, 0.15) is 11.6 Å². The lowest BCUT2D eigenvalue weighted by Gasteiger charge is -2.31. The summed E-state index contributed by atoms with van der Waals surface area (Å²) < 4.78 is 20.0. The van der Waals surface area contributed by atoms with Gasteiger partial charge in [0, 0.05) is 18.6 Å². The molecule has 0 bridgehead atoms. The van der Waals surface area contributed by atoms with Crippen molar-refractivity contribution < 1.29 is 14.2 Å². The molecule has 0 saturated heterocycles. The number of hydrogen-bond acceptors (Lipinski definition) is 2. The number of aromatic hydroxyl groups is 1. The molecule has 2 rings (SSSR count). The zero-order valence-electron chi connectivity index (χ0n) is 13.9. The van der Waals surface area contributed by atoms with Crippen LogP contribution in [0.1, 0.15) is 38.0 Å². The number of phenols is 1. The molecule has 0 radical (unpaired) electrons. The van der Waals surface area contributed by atoms with Crippen LogP contribution in [0.3, 0.4) is 0 Å². The Hall–Kier alpha value is -1.58. The van der Waals surface area contributed by atoms with Gasteiger partial charge in [0.05, 0.1) is 6.10 Å². The second kappa shape index (κ2) is 6.90. The normalized spacial score (nSPS) is 13.1. The minimum absolute atomic E-state index is 0.0264. The number of benzene rings is 2. The van der Waals surface area contributed by atoms with E-state index >= 15 is 0 Å². The molecule has 0 spiro atoms. The second-order valence-corrected chi connectivity index (χ2v) is 6.97. The molecule has 124 valence electrons. The van der Waals surface area contributed by atoms with E-state index in [0.717, 1.165) is 11.1 Å². The molecule has 0 aliphatic rings. The van der Waals surface area contributed by atoms with Crippen molar-refractivity contribution in [3.8, 4) is 16.9 Å². The van der Waals surface area contributed by atoms with Gasteiger partial charge in [-0.2, -0.15) is 0 Å². The predicted octanol–water partition coefficient (Wildman–Crippen LogP) is 5.67. The number of halogens is 2. The molecule has 0 heterocycles. The zero-order valence-corrected chi connectivity index (χ0v) is 14.6. The lowest BCUT2D eigenvalue weighted by molar-refractivity contribution is 0.0155. The molecule has 0 fully saturated rings. The highest BCUT2D eigenvalue weighted by Gasteiger charge is 2.29. The maximum absolute atomic E-state index is 14.3. The molecule has 2 aromatic carbocycles. The largest absolute Gasteiger partial charge is 0.508 e. The fraction of sp³-hybridized carbons (Fsp3) is 0.368. The number of methoxy groups -OCH3 is 1. The van der Waals surface area contributed by atoms with Gasteiger partial charge in [0.2, 0.25) is 0 Å². The van der Waals surface area contributed by atoms with Gasteiger partial charge < -0.3 is 9.84 Å². The van der Waals surface area contributed by atoms with E-state index in [1.54, 1.807) is 7.11 Å². The first-order valence-corrected chi connectivity index (χ1v) is 8.02. The number of rotatable bonds is 4. The van der Waals surface area contributed by atoms with Crippen molar-refractivity contribution in [2.45, 2.75) is 32.8 Å². The molecule has 1 atom stereocenters. The Kier molecular flexibility index (Phi) is 5.33. The topological polar surface area (TPSA) is 29.5 Å². The molecule has 2 nitrogen and oxygen atoms in total. The van der Waals surface area contributed by atoms with E-state index in [-0.39, 0.29) is 23.1 Å². The summed E-state index contributed by atoms with van der Waals surface area (Å²) in [5, 5.41) is 9.73. The van der Waals surface area contributed by atoms with E-state index < -0.39 is 0 Å². The molecule has 23 heavy (non-hydrogen) atoms. The molecule has 0 aliphatic heterocycles.